The highest BCUT2D eigenvalue weighted by Gasteiger charge is 2.14. The molecule has 0 heterocycles. The van der Waals surface area contributed by atoms with Gasteiger partial charge >= 0.3 is 0 Å². The lowest BCUT2D eigenvalue weighted by Crippen LogP contribution is -2.19. The smallest absolute Gasteiger partial charge is 0.123 e. The summed E-state index contributed by atoms with van der Waals surface area (Å²) in [5, 5.41) is 7.27. The second-order valence-electron chi connectivity index (χ2n) is 9.63. The van der Waals surface area contributed by atoms with Crippen molar-refractivity contribution in [3.63, 3.8) is 0 Å². The van der Waals surface area contributed by atoms with Crippen molar-refractivity contribution in [2.75, 3.05) is 15.5 Å². The second kappa shape index (κ2) is 12.1. The van der Waals surface area contributed by atoms with Gasteiger partial charge < -0.3 is 15.5 Å². The Morgan fingerprint density at radius 2 is 0.700 bits per heavy atom. The van der Waals surface area contributed by atoms with E-state index >= 15 is 0 Å². The summed E-state index contributed by atoms with van der Waals surface area (Å²) in [7, 11) is 0. The van der Waals surface area contributed by atoms with Gasteiger partial charge in [-0.3, -0.25) is 0 Å². The molecule has 0 bridgehead atoms. The molecule has 0 aliphatic heterocycles. The van der Waals surface area contributed by atoms with Crippen LogP contribution in [-0.2, 0) is 0 Å². The molecule has 0 saturated heterocycles. The first-order chi connectivity index (χ1) is 19.8. The molecule has 40 heavy (non-hydrogen) atoms. The third-order valence-corrected chi connectivity index (χ3v) is 6.90. The lowest BCUT2D eigenvalue weighted by atomic mass is 10.0. The number of anilines is 5. The summed E-state index contributed by atoms with van der Waals surface area (Å²) >= 11 is 0. The van der Waals surface area contributed by atoms with Gasteiger partial charge in [0.25, 0.3) is 0 Å². The summed E-state index contributed by atoms with van der Waals surface area (Å²) in [6.07, 6.45) is -0.0773. The summed E-state index contributed by atoms with van der Waals surface area (Å²) in [5.74, 6) is 0. The quantitative estimate of drug-likeness (QED) is 0.187. The minimum absolute atomic E-state index is 0.0773. The third-order valence-electron chi connectivity index (χ3n) is 6.90. The Kier molecular flexibility index (Phi) is 7.54. The third kappa shape index (κ3) is 5.90. The van der Waals surface area contributed by atoms with Crippen LogP contribution >= 0.6 is 0 Å². The van der Waals surface area contributed by atoms with Crippen molar-refractivity contribution in [1.82, 2.24) is 0 Å². The number of benzene rings is 6. The zero-order valence-electron chi connectivity index (χ0n) is 22.2. The van der Waals surface area contributed by atoms with E-state index in [1.165, 1.54) is 11.1 Å². The van der Waals surface area contributed by atoms with Gasteiger partial charge in [0.05, 0.1) is 0 Å². The molecule has 0 amide bonds. The molecule has 0 radical (unpaired) electrons. The Morgan fingerprint density at radius 1 is 0.350 bits per heavy atom. The minimum Gasteiger partial charge on any atom is -0.362 e. The molecule has 194 valence electrons. The molecule has 0 aliphatic rings. The largest absolute Gasteiger partial charge is 0.362 e. The molecule has 6 rings (SSSR count). The lowest BCUT2D eigenvalue weighted by Gasteiger charge is -2.25. The molecule has 3 nitrogen and oxygen atoms in total. The van der Waals surface area contributed by atoms with E-state index in [2.05, 4.69) is 149 Å². The first-order valence-electron chi connectivity index (χ1n) is 13.6. The van der Waals surface area contributed by atoms with Gasteiger partial charge in [0.15, 0.2) is 0 Å². The number of nitrogens with zero attached hydrogens (tertiary/aromatic N) is 1. The van der Waals surface area contributed by atoms with E-state index in [-0.39, 0.29) is 6.17 Å². The van der Waals surface area contributed by atoms with Gasteiger partial charge in [0.1, 0.15) is 6.17 Å². The van der Waals surface area contributed by atoms with Crippen molar-refractivity contribution in [2.45, 2.75) is 6.17 Å². The molecular weight excluding hydrogens is 486 g/mol. The summed E-state index contributed by atoms with van der Waals surface area (Å²) in [4.78, 5) is 2.28. The van der Waals surface area contributed by atoms with Gasteiger partial charge in [0, 0.05) is 28.4 Å². The van der Waals surface area contributed by atoms with E-state index in [1.807, 2.05) is 36.4 Å². The second-order valence-corrected chi connectivity index (χ2v) is 9.63. The summed E-state index contributed by atoms with van der Waals surface area (Å²) in [6, 6.07) is 59.1. The molecule has 3 heteroatoms. The maximum Gasteiger partial charge on any atom is 0.123 e. The van der Waals surface area contributed by atoms with Crippen LogP contribution in [0, 0.1) is 0 Å². The average Bonchev–Trinajstić information content (AvgIpc) is 3.03. The zero-order valence-corrected chi connectivity index (χ0v) is 22.2. The van der Waals surface area contributed by atoms with Crippen LogP contribution in [0.5, 0.6) is 0 Å². The molecule has 0 unspecified atom stereocenters. The Labute approximate surface area is 236 Å². The maximum atomic E-state index is 3.64. The molecule has 6 aromatic carbocycles. The van der Waals surface area contributed by atoms with Crippen molar-refractivity contribution in [2.24, 2.45) is 0 Å². The van der Waals surface area contributed by atoms with Gasteiger partial charge in [-0.25, -0.2) is 0 Å². The van der Waals surface area contributed by atoms with E-state index in [0.29, 0.717) is 0 Å². The molecule has 2 N–H and O–H groups in total. The lowest BCUT2D eigenvalue weighted by molar-refractivity contribution is 0.902. The summed E-state index contributed by atoms with van der Waals surface area (Å²) in [5.41, 5.74) is 9.04. The highest BCUT2D eigenvalue weighted by molar-refractivity contribution is 5.78. The molecular formula is C37H31N3. The van der Waals surface area contributed by atoms with Gasteiger partial charge in [0.2, 0.25) is 0 Å². The van der Waals surface area contributed by atoms with Crippen LogP contribution in [0.3, 0.4) is 0 Å². The van der Waals surface area contributed by atoms with Crippen molar-refractivity contribution in [1.29, 1.82) is 0 Å². The van der Waals surface area contributed by atoms with E-state index in [1.54, 1.807) is 0 Å². The van der Waals surface area contributed by atoms with Gasteiger partial charge in [-0.2, -0.15) is 0 Å². The van der Waals surface area contributed by atoms with Crippen LogP contribution in [0.4, 0.5) is 28.4 Å². The van der Waals surface area contributed by atoms with Crippen LogP contribution in [0.1, 0.15) is 11.7 Å². The van der Waals surface area contributed by atoms with Gasteiger partial charge in [-0.1, -0.05) is 109 Å². The van der Waals surface area contributed by atoms with Gasteiger partial charge in [-0.05, 0) is 77.4 Å². The Bertz CT molecular complexity index is 1520. The van der Waals surface area contributed by atoms with E-state index < -0.39 is 0 Å². The number of nitrogens with one attached hydrogen (secondary N) is 2. The SMILES string of the molecule is c1ccc(NC(Nc2ccccc2)c2ccc(-c3ccc(N(c4ccccc4)c4ccccc4)cc3)cc2)cc1. The Balaban J connectivity index is 1.26. The Morgan fingerprint density at radius 3 is 1.12 bits per heavy atom. The molecule has 0 saturated carbocycles. The van der Waals surface area contributed by atoms with Crippen molar-refractivity contribution < 1.29 is 0 Å². The highest BCUT2D eigenvalue weighted by Crippen LogP contribution is 2.35. The zero-order chi connectivity index (χ0) is 27.0. The average molecular weight is 518 g/mol. The van der Waals surface area contributed by atoms with E-state index in [4.69, 9.17) is 0 Å². The normalized spacial score (nSPS) is 10.7. The fraction of sp³-hybridized carbons (Fsp3) is 0.0270. The number of hydrogen-bond donors (Lipinski definition) is 2. The molecule has 0 aliphatic carbocycles. The van der Waals surface area contributed by atoms with Crippen molar-refractivity contribution in [3.8, 4) is 11.1 Å². The number of hydrogen-bond acceptors (Lipinski definition) is 3. The first kappa shape index (κ1) is 25.0. The van der Waals surface area contributed by atoms with Crippen LogP contribution in [0.15, 0.2) is 170 Å². The minimum atomic E-state index is -0.0773. The highest BCUT2D eigenvalue weighted by atomic mass is 15.1. The van der Waals surface area contributed by atoms with Crippen molar-refractivity contribution >= 4 is 28.4 Å². The predicted octanol–water partition coefficient (Wildman–Crippen LogP) is 10.0. The monoisotopic (exact) mass is 517 g/mol. The predicted molar refractivity (Wildman–Crippen MR) is 169 cm³/mol. The molecule has 6 aromatic rings. The Hall–Kier alpha value is -5.28. The van der Waals surface area contributed by atoms with Gasteiger partial charge in [-0.15, -0.1) is 0 Å². The number of rotatable bonds is 9. The fourth-order valence-corrected chi connectivity index (χ4v) is 4.88. The maximum absolute atomic E-state index is 3.64. The van der Waals surface area contributed by atoms with E-state index in [0.717, 1.165) is 34.0 Å². The van der Waals surface area contributed by atoms with Crippen LogP contribution in [0.2, 0.25) is 0 Å². The topological polar surface area (TPSA) is 27.3 Å². The molecule has 0 aromatic heterocycles. The summed E-state index contributed by atoms with van der Waals surface area (Å²) in [6.45, 7) is 0. The van der Waals surface area contributed by atoms with Crippen molar-refractivity contribution in [3.05, 3.63) is 175 Å². The fourth-order valence-electron chi connectivity index (χ4n) is 4.88. The van der Waals surface area contributed by atoms with Crippen LogP contribution in [-0.4, -0.2) is 0 Å². The van der Waals surface area contributed by atoms with Crippen LogP contribution < -0.4 is 15.5 Å². The number of para-hydroxylation sites is 4. The molecule has 0 fully saturated rings. The summed E-state index contributed by atoms with van der Waals surface area (Å²) < 4.78 is 0. The van der Waals surface area contributed by atoms with E-state index in [9.17, 15) is 0 Å². The molecule has 0 spiro atoms. The first-order valence-corrected chi connectivity index (χ1v) is 13.6. The molecule has 0 atom stereocenters. The van der Waals surface area contributed by atoms with Crippen LogP contribution in [0.25, 0.3) is 11.1 Å². The standard InChI is InChI=1S/C37H31N3/c1-5-13-32(14-6-1)38-37(39-33-15-7-2-8-16-33)31-23-21-29(22-24-31)30-25-27-36(28-26-30)40(34-17-9-3-10-18-34)35-19-11-4-12-20-35/h1-28,37-39H.